The van der Waals surface area contributed by atoms with E-state index in [0.717, 1.165) is 42.7 Å². The molecule has 2 heterocycles. The summed E-state index contributed by atoms with van der Waals surface area (Å²) in [4.78, 5) is 36.2. The number of allylic oxidation sites excluding steroid dienone is 2. The molecule has 1 aliphatic carbocycles. The number of benzene rings is 2. The van der Waals surface area contributed by atoms with E-state index in [1.165, 1.54) is 4.76 Å². The lowest BCUT2D eigenvalue weighted by Crippen LogP contribution is -2.57. The fraction of sp³-hybridized carbons (Fsp3) is 0.438. The number of carbonyl (C=O) groups is 1. The second kappa shape index (κ2) is 10.3. The highest BCUT2D eigenvalue weighted by molar-refractivity contribution is 6.10. The molecule has 2 aromatic rings. The van der Waals surface area contributed by atoms with Crippen LogP contribution in [0.25, 0.3) is 0 Å². The van der Waals surface area contributed by atoms with E-state index >= 15 is 0 Å². The molecule has 37 heavy (non-hydrogen) atoms. The molecule has 0 bridgehead atoms. The summed E-state index contributed by atoms with van der Waals surface area (Å²) in [5, 5.41) is 0. The molecule has 0 amide bonds. The van der Waals surface area contributed by atoms with Crippen molar-refractivity contribution >= 4 is 11.5 Å². The van der Waals surface area contributed by atoms with Gasteiger partial charge in [0.1, 0.15) is 11.8 Å². The highest BCUT2D eigenvalue weighted by Gasteiger charge is 2.67. The minimum atomic E-state index is -0.955. The molecule has 5 heteroatoms. The Morgan fingerprint density at radius 2 is 1.76 bits per heavy atom. The van der Waals surface area contributed by atoms with Crippen molar-refractivity contribution in [1.82, 2.24) is 4.90 Å². The summed E-state index contributed by atoms with van der Waals surface area (Å²) >= 11 is 0. The molecule has 192 valence electrons. The average molecular weight is 497 g/mol. The first-order valence-electron chi connectivity index (χ1n) is 13.7. The zero-order valence-electron chi connectivity index (χ0n) is 22.3. The highest BCUT2D eigenvalue weighted by atomic mass is 16.3. The van der Waals surface area contributed by atoms with Crippen LogP contribution in [-0.4, -0.2) is 58.4 Å². The summed E-state index contributed by atoms with van der Waals surface area (Å²) in [7, 11) is 0. The van der Waals surface area contributed by atoms with Crippen molar-refractivity contribution in [1.29, 1.82) is 0 Å². The number of hydrogen-bond acceptors (Lipinski definition) is 4. The number of likely N-dealkylation sites (tertiary alicyclic amines) is 1. The zero-order chi connectivity index (χ0) is 26.0. The summed E-state index contributed by atoms with van der Waals surface area (Å²) in [6.07, 6.45) is 9.84. The Balaban J connectivity index is 1.60. The van der Waals surface area contributed by atoms with Crippen molar-refractivity contribution < 1.29 is 9.55 Å². The summed E-state index contributed by atoms with van der Waals surface area (Å²) in [6.45, 7) is 8.33. The summed E-state index contributed by atoms with van der Waals surface area (Å²) in [5.74, 6) is 0.0615. The Morgan fingerprint density at radius 1 is 1.05 bits per heavy atom. The second-order valence-electron chi connectivity index (χ2n) is 11.4. The lowest BCUT2D eigenvalue weighted by molar-refractivity contribution is -0.640. The maximum absolute atomic E-state index is 14.8. The predicted octanol–water partition coefficient (Wildman–Crippen LogP) is 5.85. The molecule has 5 rings (SSSR count). The van der Waals surface area contributed by atoms with E-state index < -0.39 is 11.6 Å². The van der Waals surface area contributed by atoms with Crippen molar-refractivity contribution in [3.05, 3.63) is 100 Å². The molecular weight excluding hydrogens is 458 g/mol. The van der Waals surface area contributed by atoms with Gasteiger partial charge in [0.2, 0.25) is 6.04 Å². The monoisotopic (exact) mass is 496 g/mol. The van der Waals surface area contributed by atoms with E-state index in [4.69, 9.17) is 4.99 Å². The van der Waals surface area contributed by atoms with E-state index in [2.05, 4.69) is 37.8 Å². The topological polar surface area (TPSA) is 52.8 Å². The van der Waals surface area contributed by atoms with Crippen molar-refractivity contribution in [3.8, 4) is 0 Å². The van der Waals surface area contributed by atoms with Crippen LogP contribution in [0.5, 0.6) is 0 Å². The van der Waals surface area contributed by atoms with Crippen LogP contribution in [0.1, 0.15) is 56.0 Å². The summed E-state index contributed by atoms with van der Waals surface area (Å²) in [5.41, 5.74) is 2.23. The number of ketones is 1. The maximum Gasteiger partial charge on any atom is 0.287 e. The average Bonchev–Trinajstić information content (AvgIpc) is 3.23. The molecule has 3 aliphatic rings. The van der Waals surface area contributed by atoms with Crippen molar-refractivity contribution in [2.24, 2.45) is 10.4 Å². The largest absolute Gasteiger partial charge is 0.292 e. The van der Waals surface area contributed by atoms with Crippen LogP contribution in [0.3, 0.4) is 0 Å². The normalized spacial score (nSPS) is 26.6. The fourth-order valence-corrected chi connectivity index (χ4v) is 6.25. The minimum Gasteiger partial charge on any atom is -0.292 e. The molecular formula is C32H38N3O2+. The van der Waals surface area contributed by atoms with Gasteiger partial charge in [0.25, 0.3) is 5.54 Å². The maximum atomic E-state index is 14.8. The predicted molar refractivity (Wildman–Crippen MR) is 149 cm³/mol. The highest BCUT2D eigenvalue weighted by Crippen LogP contribution is 2.45. The van der Waals surface area contributed by atoms with Gasteiger partial charge in [-0.15, -0.1) is 0 Å². The van der Waals surface area contributed by atoms with Crippen LogP contribution in [0.2, 0.25) is 0 Å². The standard InChI is InChI=1S/C32H38N3O2/c1-4-5-12-20-34-23-32-26(29(34)30(36)25-16-10-7-11-17-25)18-13-19-27(32)33-22-31(2,3)28(35(32)37)21-24-14-8-6-9-15-24/h6-11,13-19,28-29H,4-5,12,20-23H2,1-3H3/q+1. The number of nitrogens with zero attached hydrogens (tertiary/aromatic N) is 3. The molecule has 3 unspecified atom stereocenters. The van der Waals surface area contributed by atoms with Crippen LogP contribution in [0, 0.1) is 10.3 Å². The summed E-state index contributed by atoms with van der Waals surface area (Å²) in [6, 6.07) is 19.0. The smallest absolute Gasteiger partial charge is 0.287 e. The first-order valence-corrected chi connectivity index (χ1v) is 13.7. The third kappa shape index (κ3) is 4.54. The van der Waals surface area contributed by atoms with Gasteiger partial charge in [-0.2, -0.15) is 0 Å². The third-order valence-electron chi connectivity index (χ3n) is 8.37. The van der Waals surface area contributed by atoms with Crippen LogP contribution in [0.15, 0.2) is 89.5 Å². The van der Waals surface area contributed by atoms with Gasteiger partial charge in [0.05, 0.1) is 18.5 Å². The van der Waals surface area contributed by atoms with Crippen molar-refractivity contribution in [2.75, 3.05) is 19.6 Å². The van der Waals surface area contributed by atoms with E-state index in [-0.39, 0.29) is 17.2 Å². The minimum absolute atomic E-state index is 0.0615. The molecule has 2 aliphatic heterocycles. The molecule has 1 spiro atoms. The number of unbranched alkanes of at least 4 members (excludes halogenated alkanes) is 2. The molecule has 0 saturated carbocycles. The van der Waals surface area contributed by atoms with Gasteiger partial charge >= 0.3 is 0 Å². The van der Waals surface area contributed by atoms with Gasteiger partial charge in [0.15, 0.2) is 5.78 Å². The van der Waals surface area contributed by atoms with Crippen molar-refractivity contribution in [2.45, 2.75) is 64.1 Å². The number of hydrogen-bond donors (Lipinski definition) is 0. The van der Waals surface area contributed by atoms with Crippen molar-refractivity contribution in [3.63, 3.8) is 0 Å². The first-order chi connectivity index (χ1) is 17.9. The summed E-state index contributed by atoms with van der Waals surface area (Å²) < 4.78 is 1.34. The SMILES string of the molecule is CCCCCN1CC23C(=CC=CC2=NCC(C)(C)C(Cc2ccccc2)[N+]3=O)C1C(=O)c1ccccc1. The Hall–Kier alpha value is -3.18. The Morgan fingerprint density at radius 3 is 2.46 bits per heavy atom. The Kier molecular flexibility index (Phi) is 7.09. The lowest BCUT2D eigenvalue weighted by Gasteiger charge is -2.30. The third-order valence-corrected chi connectivity index (χ3v) is 8.37. The first kappa shape index (κ1) is 25.5. The number of aliphatic imine (C=N–C) groups is 1. The number of carbonyl (C=O) groups excluding carboxylic acids is 1. The number of rotatable bonds is 8. The molecule has 3 atom stereocenters. The molecule has 1 saturated heterocycles. The quantitative estimate of drug-likeness (QED) is 0.262. The molecule has 5 nitrogen and oxygen atoms in total. The lowest BCUT2D eigenvalue weighted by atomic mass is 9.76. The number of Topliss-reactive ketones (excluding diaryl/α,β-unsaturated/α-hetero) is 1. The van der Waals surface area contributed by atoms with Gasteiger partial charge in [0, 0.05) is 27.2 Å². The van der Waals surface area contributed by atoms with Crippen LogP contribution >= 0.6 is 0 Å². The Labute approximate surface area is 220 Å². The van der Waals surface area contributed by atoms with Crippen LogP contribution < -0.4 is 0 Å². The van der Waals surface area contributed by atoms with E-state index in [9.17, 15) is 9.70 Å². The van der Waals surface area contributed by atoms with E-state index in [1.54, 1.807) is 0 Å². The van der Waals surface area contributed by atoms with Gasteiger partial charge < -0.3 is 0 Å². The second-order valence-corrected chi connectivity index (χ2v) is 11.4. The fourth-order valence-electron chi connectivity index (χ4n) is 6.25. The van der Waals surface area contributed by atoms with Gasteiger partial charge in [-0.1, -0.05) is 106 Å². The molecule has 0 aromatic heterocycles. The molecule has 0 radical (unpaired) electrons. The van der Waals surface area contributed by atoms with E-state index in [1.807, 2.05) is 66.8 Å². The van der Waals surface area contributed by atoms with Gasteiger partial charge in [-0.05, 0) is 24.6 Å². The van der Waals surface area contributed by atoms with E-state index in [0.29, 0.717) is 25.1 Å². The number of nitroso groups, excluding NO2 is 1. The molecule has 2 aromatic carbocycles. The molecule has 0 N–H and O–H groups in total. The van der Waals surface area contributed by atoms with Crippen LogP contribution in [-0.2, 0) is 6.42 Å². The van der Waals surface area contributed by atoms with Gasteiger partial charge in [-0.3, -0.25) is 14.7 Å². The van der Waals surface area contributed by atoms with Gasteiger partial charge in [-0.25, -0.2) is 0 Å². The zero-order valence-corrected chi connectivity index (χ0v) is 22.3. The molecule has 1 fully saturated rings. The Bertz CT molecular complexity index is 1250. The van der Waals surface area contributed by atoms with Crippen LogP contribution in [0.4, 0.5) is 0 Å².